The minimum Gasteiger partial charge on any atom is -0.460 e. The molecule has 1 aliphatic rings. The summed E-state index contributed by atoms with van der Waals surface area (Å²) in [6.07, 6.45) is 2.71. The van der Waals surface area contributed by atoms with E-state index in [9.17, 15) is 18.0 Å². The van der Waals surface area contributed by atoms with Crippen LogP contribution in [0.5, 0.6) is 0 Å². The van der Waals surface area contributed by atoms with Crippen molar-refractivity contribution in [3.63, 3.8) is 0 Å². The largest absolute Gasteiger partial charge is 0.460 e. The molecular formula is C30H41NO6S. The van der Waals surface area contributed by atoms with Gasteiger partial charge in [0.1, 0.15) is 6.10 Å². The van der Waals surface area contributed by atoms with Gasteiger partial charge in [0.15, 0.2) is 6.61 Å². The quantitative estimate of drug-likeness (QED) is 0.395. The third kappa shape index (κ3) is 7.37. The van der Waals surface area contributed by atoms with Crippen molar-refractivity contribution in [2.75, 3.05) is 11.3 Å². The SMILES string of the molecule is Cc1ccc(C(C)(C)C)cc1S(=O)(=O)Nc1ccccc1C(=O)OCC(=O)O[C@H]1C[C@H](C)CC[C@@H]1C(C)C. The highest BCUT2D eigenvalue weighted by atomic mass is 32.2. The number of anilines is 1. The summed E-state index contributed by atoms with van der Waals surface area (Å²) in [5.74, 6) is -0.275. The number of para-hydroxylation sites is 1. The van der Waals surface area contributed by atoms with Gasteiger partial charge in [-0.2, -0.15) is 0 Å². The summed E-state index contributed by atoms with van der Waals surface area (Å²) in [6.45, 7) is 13.6. The van der Waals surface area contributed by atoms with E-state index in [4.69, 9.17) is 9.47 Å². The minimum atomic E-state index is -4.00. The molecule has 1 aliphatic carbocycles. The monoisotopic (exact) mass is 543 g/mol. The highest BCUT2D eigenvalue weighted by molar-refractivity contribution is 7.92. The molecule has 0 bridgehead atoms. The maximum atomic E-state index is 13.3. The topological polar surface area (TPSA) is 98.8 Å². The van der Waals surface area contributed by atoms with Crippen molar-refractivity contribution in [2.24, 2.45) is 17.8 Å². The first-order valence-electron chi connectivity index (χ1n) is 13.3. The van der Waals surface area contributed by atoms with Gasteiger partial charge in [-0.15, -0.1) is 0 Å². The Hall–Kier alpha value is -2.87. The number of hydrogen-bond acceptors (Lipinski definition) is 6. The molecule has 0 amide bonds. The molecule has 1 fully saturated rings. The second-order valence-corrected chi connectivity index (χ2v) is 13.5. The summed E-state index contributed by atoms with van der Waals surface area (Å²) >= 11 is 0. The Morgan fingerprint density at radius 2 is 1.76 bits per heavy atom. The van der Waals surface area contributed by atoms with E-state index < -0.39 is 28.6 Å². The van der Waals surface area contributed by atoms with Crippen LogP contribution in [0.15, 0.2) is 47.4 Å². The van der Waals surface area contributed by atoms with Crippen LogP contribution >= 0.6 is 0 Å². The van der Waals surface area contributed by atoms with E-state index in [0.29, 0.717) is 17.4 Å². The lowest BCUT2D eigenvalue weighted by atomic mass is 9.75. The Labute approximate surface area is 227 Å². The number of benzene rings is 2. The fraction of sp³-hybridized carbons (Fsp3) is 0.533. The first-order valence-corrected chi connectivity index (χ1v) is 14.8. The minimum absolute atomic E-state index is 0.0137. The molecule has 3 atom stereocenters. The zero-order valence-electron chi connectivity index (χ0n) is 23.5. The van der Waals surface area contributed by atoms with Gasteiger partial charge in [0.25, 0.3) is 10.0 Å². The number of ether oxygens (including phenoxy) is 2. The van der Waals surface area contributed by atoms with Gasteiger partial charge in [-0.05, 0) is 72.3 Å². The van der Waals surface area contributed by atoms with E-state index in [1.165, 1.54) is 12.1 Å². The lowest BCUT2D eigenvalue weighted by Gasteiger charge is -2.36. The van der Waals surface area contributed by atoms with E-state index in [2.05, 4.69) is 25.5 Å². The zero-order valence-corrected chi connectivity index (χ0v) is 24.4. The average Bonchev–Trinajstić information content (AvgIpc) is 2.82. The normalized spacial score (nSPS) is 20.2. The molecule has 208 valence electrons. The second-order valence-electron chi connectivity index (χ2n) is 11.8. The van der Waals surface area contributed by atoms with Gasteiger partial charge in [-0.25, -0.2) is 18.0 Å². The number of esters is 2. The first-order chi connectivity index (χ1) is 17.7. The number of carbonyl (C=O) groups is 2. The molecule has 7 nitrogen and oxygen atoms in total. The van der Waals surface area contributed by atoms with Crippen molar-refractivity contribution in [1.29, 1.82) is 0 Å². The van der Waals surface area contributed by atoms with Crippen LogP contribution in [-0.4, -0.2) is 33.1 Å². The van der Waals surface area contributed by atoms with Gasteiger partial charge in [0.2, 0.25) is 0 Å². The number of carbonyl (C=O) groups excluding carboxylic acids is 2. The summed E-state index contributed by atoms with van der Waals surface area (Å²) in [5, 5.41) is 0. The van der Waals surface area contributed by atoms with E-state index in [-0.39, 0.29) is 33.6 Å². The maximum absolute atomic E-state index is 13.3. The Kier molecular flexibility index (Phi) is 9.29. The summed E-state index contributed by atoms with van der Waals surface area (Å²) < 4.78 is 40.2. The second kappa shape index (κ2) is 11.9. The molecule has 1 saturated carbocycles. The number of nitrogens with one attached hydrogen (secondary N) is 1. The standard InChI is InChI=1S/C30H41NO6S/c1-19(2)23-15-12-20(3)16-26(23)37-28(32)18-36-29(33)24-10-8-9-11-25(24)31-38(34,35)27-17-22(30(5,6)7)14-13-21(27)4/h8-11,13-14,17,19-20,23,26,31H,12,15-16,18H2,1-7H3/t20-,23-,26+/m1/s1. The molecule has 8 heteroatoms. The Morgan fingerprint density at radius 3 is 2.42 bits per heavy atom. The lowest BCUT2D eigenvalue weighted by molar-refractivity contribution is -0.159. The summed E-state index contributed by atoms with van der Waals surface area (Å²) in [5.41, 5.74) is 1.32. The van der Waals surface area contributed by atoms with Gasteiger partial charge in [-0.1, -0.05) is 72.2 Å². The maximum Gasteiger partial charge on any atom is 0.344 e. The van der Waals surface area contributed by atoms with E-state index in [1.54, 1.807) is 31.2 Å². The van der Waals surface area contributed by atoms with E-state index in [1.807, 2.05) is 26.8 Å². The predicted molar refractivity (Wildman–Crippen MR) is 149 cm³/mol. The molecule has 0 heterocycles. The van der Waals surface area contributed by atoms with Crippen LogP contribution in [0.3, 0.4) is 0 Å². The van der Waals surface area contributed by atoms with Gasteiger partial charge >= 0.3 is 11.9 Å². The smallest absolute Gasteiger partial charge is 0.344 e. The van der Waals surface area contributed by atoms with Crippen molar-refractivity contribution in [3.05, 3.63) is 59.2 Å². The molecule has 0 unspecified atom stereocenters. The lowest BCUT2D eigenvalue weighted by Crippen LogP contribution is -2.36. The molecule has 0 saturated heterocycles. The Balaban J connectivity index is 1.72. The molecule has 38 heavy (non-hydrogen) atoms. The summed E-state index contributed by atoms with van der Waals surface area (Å²) in [7, 11) is -4.00. The molecule has 0 aliphatic heterocycles. The highest BCUT2D eigenvalue weighted by Gasteiger charge is 2.33. The summed E-state index contributed by atoms with van der Waals surface area (Å²) in [4.78, 5) is 25.6. The number of aryl methyl sites for hydroxylation is 1. The summed E-state index contributed by atoms with van der Waals surface area (Å²) in [6, 6.07) is 11.5. The fourth-order valence-corrected chi connectivity index (χ4v) is 6.31. The van der Waals surface area contributed by atoms with Crippen LogP contribution < -0.4 is 4.72 Å². The van der Waals surface area contributed by atoms with E-state index >= 15 is 0 Å². The van der Waals surface area contributed by atoms with Gasteiger partial charge < -0.3 is 9.47 Å². The number of sulfonamides is 1. The molecule has 2 aromatic rings. The van der Waals surface area contributed by atoms with Crippen LogP contribution in [0.1, 0.15) is 82.3 Å². The van der Waals surface area contributed by atoms with Crippen molar-refractivity contribution in [1.82, 2.24) is 0 Å². The van der Waals surface area contributed by atoms with Crippen molar-refractivity contribution in [3.8, 4) is 0 Å². The zero-order chi connectivity index (χ0) is 28.3. The molecule has 2 aromatic carbocycles. The van der Waals surface area contributed by atoms with Gasteiger partial charge in [-0.3, -0.25) is 4.72 Å². The molecule has 1 N–H and O–H groups in total. The van der Waals surface area contributed by atoms with Crippen LogP contribution in [0.2, 0.25) is 0 Å². The van der Waals surface area contributed by atoms with Crippen molar-refractivity contribution in [2.45, 2.75) is 84.1 Å². The van der Waals surface area contributed by atoms with Crippen LogP contribution in [0.25, 0.3) is 0 Å². The van der Waals surface area contributed by atoms with Crippen LogP contribution in [0.4, 0.5) is 5.69 Å². The highest BCUT2D eigenvalue weighted by Crippen LogP contribution is 2.35. The van der Waals surface area contributed by atoms with Crippen LogP contribution in [-0.2, 0) is 29.7 Å². The van der Waals surface area contributed by atoms with Gasteiger partial charge in [0.05, 0.1) is 16.1 Å². The molecule has 0 aromatic heterocycles. The average molecular weight is 544 g/mol. The fourth-order valence-electron chi connectivity index (χ4n) is 4.96. The van der Waals surface area contributed by atoms with Crippen molar-refractivity contribution >= 4 is 27.6 Å². The Morgan fingerprint density at radius 1 is 1.08 bits per heavy atom. The van der Waals surface area contributed by atoms with E-state index in [0.717, 1.165) is 24.8 Å². The third-order valence-electron chi connectivity index (χ3n) is 7.30. The Bertz CT molecular complexity index is 1260. The first kappa shape index (κ1) is 29.7. The molecule has 0 spiro atoms. The molecular weight excluding hydrogens is 502 g/mol. The third-order valence-corrected chi connectivity index (χ3v) is 8.81. The van der Waals surface area contributed by atoms with Gasteiger partial charge in [0, 0.05) is 0 Å². The number of hydrogen-bond donors (Lipinski definition) is 1. The number of rotatable bonds is 8. The molecule has 0 radical (unpaired) electrons. The molecule has 3 rings (SSSR count). The predicted octanol–water partition coefficient (Wildman–Crippen LogP) is 6.25. The van der Waals surface area contributed by atoms with Crippen LogP contribution in [0, 0.1) is 24.7 Å². The van der Waals surface area contributed by atoms with Crippen molar-refractivity contribution < 1.29 is 27.5 Å².